The quantitative estimate of drug-likeness (QED) is 0.476. The zero-order chi connectivity index (χ0) is 14.3. The minimum Gasteiger partial charge on any atom is -0.283 e. The largest absolute Gasteiger partial charge is 0.304 e. The van der Waals surface area contributed by atoms with Gasteiger partial charge in [-0.2, -0.15) is 0 Å². The van der Waals surface area contributed by atoms with Crippen LogP contribution in [0.1, 0.15) is 10.4 Å². The Balaban J connectivity index is 2.24. The number of anilines is 2. The molecule has 2 aromatic rings. The lowest BCUT2D eigenvalue weighted by molar-refractivity contribution is -0.384. The summed E-state index contributed by atoms with van der Waals surface area (Å²) in [5.41, 5.74) is 0.513. The number of rotatable bonds is 2. The lowest BCUT2D eigenvalue weighted by atomic mass is 10.1. The van der Waals surface area contributed by atoms with Crippen molar-refractivity contribution in [3.8, 4) is 0 Å². The summed E-state index contributed by atoms with van der Waals surface area (Å²) in [5.74, 6) is -1.43. The van der Waals surface area contributed by atoms with Gasteiger partial charge >= 0.3 is 5.91 Å². The smallest absolute Gasteiger partial charge is 0.283 e. The standard InChI is InChI=1S/C14H8N2O4/c17-13-9-5-1-2-6-10(9)15(14(13)18)11-7-3-4-8-12(11)16(19)20/h1-8H. The van der Waals surface area contributed by atoms with Crippen LogP contribution in [0.3, 0.4) is 0 Å². The van der Waals surface area contributed by atoms with E-state index in [1.54, 1.807) is 24.3 Å². The van der Waals surface area contributed by atoms with Gasteiger partial charge in [-0.3, -0.25) is 24.6 Å². The summed E-state index contributed by atoms with van der Waals surface area (Å²) in [4.78, 5) is 35.6. The van der Waals surface area contributed by atoms with Crippen molar-refractivity contribution in [1.29, 1.82) is 0 Å². The predicted molar refractivity (Wildman–Crippen MR) is 71.0 cm³/mol. The summed E-state index contributed by atoms with van der Waals surface area (Å²) in [6.45, 7) is 0. The maximum absolute atomic E-state index is 12.1. The molecule has 0 N–H and O–H groups in total. The Kier molecular flexibility index (Phi) is 2.57. The number of ketones is 1. The number of carbonyl (C=O) groups excluding carboxylic acids is 2. The summed E-state index contributed by atoms with van der Waals surface area (Å²) in [7, 11) is 0. The molecule has 0 unspecified atom stereocenters. The monoisotopic (exact) mass is 268 g/mol. The van der Waals surface area contributed by atoms with E-state index in [4.69, 9.17) is 0 Å². The molecule has 0 aromatic heterocycles. The summed E-state index contributed by atoms with van der Waals surface area (Å²) in [5, 5.41) is 11.1. The summed E-state index contributed by atoms with van der Waals surface area (Å²) < 4.78 is 0. The van der Waals surface area contributed by atoms with Gasteiger partial charge in [0.05, 0.1) is 16.2 Å². The van der Waals surface area contributed by atoms with Crippen LogP contribution in [0.5, 0.6) is 0 Å². The zero-order valence-corrected chi connectivity index (χ0v) is 10.1. The van der Waals surface area contributed by atoms with Crippen LogP contribution < -0.4 is 4.90 Å². The molecular formula is C14H8N2O4. The van der Waals surface area contributed by atoms with Gasteiger partial charge in [-0.25, -0.2) is 0 Å². The number of fused-ring (bicyclic) bond motifs is 1. The van der Waals surface area contributed by atoms with Gasteiger partial charge in [0.1, 0.15) is 5.69 Å². The Morgan fingerprint density at radius 2 is 1.50 bits per heavy atom. The second kappa shape index (κ2) is 4.27. The average Bonchev–Trinajstić information content (AvgIpc) is 2.71. The van der Waals surface area contributed by atoms with Crippen LogP contribution in [-0.4, -0.2) is 16.6 Å². The number of para-hydroxylation sites is 3. The molecule has 98 valence electrons. The highest BCUT2D eigenvalue weighted by molar-refractivity contribution is 6.53. The first kappa shape index (κ1) is 12.0. The van der Waals surface area contributed by atoms with E-state index in [1.165, 1.54) is 24.3 Å². The molecule has 20 heavy (non-hydrogen) atoms. The third-order valence-electron chi connectivity index (χ3n) is 3.11. The third kappa shape index (κ3) is 1.58. The molecule has 0 bridgehead atoms. The van der Waals surface area contributed by atoms with Crippen molar-refractivity contribution >= 4 is 28.8 Å². The molecule has 2 aromatic carbocycles. The molecule has 6 heteroatoms. The fourth-order valence-corrected chi connectivity index (χ4v) is 2.23. The third-order valence-corrected chi connectivity index (χ3v) is 3.11. The maximum atomic E-state index is 12.1. The SMILES string of the molecule is O=C1C(=O)N(c2ccccc2[N+](=O)[O-])c2ccccc21. The molecule has 6 nitrogen and oxygen atoms in total. The average molecular weight is 268 g/mol. The molecule has 3 rings (SSSR count). The second-order valence-corrected chi connectivity index (χ2v) is 4.23. The van der Waals surface area contributed by atoms with Crippen LogP contribution in [0, 0.1) is 10.1 Å². The lowest BCUT2D eigenvalue weighted by Gasteiger charge is -2.16. The fraction of sp³-hybridized carbons (Fsp3) is 0. The highest BCUT2D eigenvalue weighted by atomic mass is 16.6. The highest BCUT2D eigenvalue weighted by Gasteiger charge is 2.39. The zero-order valence-electron chi connectivity index (χ0n) is 10.1. The molecule has 0 spiro atoms. The summed E-state index contributed by atoms with van der Waals surface area (Å²) in [6.07, 6.45) is 0. The molecule has 0 saturated heterocycles. The first-order valence-electron chi connectivity index (χ1n) is 5.82. The number of nitro groups is 1. The molecule has 1 amide bonds. The van der Waals surface area contributed by atoms with Crippen LogP contribution in [0.15, 0.2) is 48.5 Å². The Labute approximate surface area is 113 Å². The molecule has 1 aliphatic rings. The van der Waals surface area contributed by atoms with Crippen LogP contribution in [0.4, 0.5) is 17.1 Å². The van der Waals surface area contributed by atoms with Crippen molar-refractivity contribution in [1.82, 2.24) is 0 Å². The van der Waals surface area contributed by atoms with Crippen molar-refractivity contribution in [2.45, 2.75) is 0 Å². The van der Waals surface area contributed by atoms with E-state index in [2.05, 4.69) is 0 Å². The van der Waals surface area contributed by atoms with E-state index in [-0.39, 0.29) is 16.9 Å². The molecule has 0 radical (unpaired) electrons. The number of hydrogen-bond donors (Lipinski definition) is 0. The van der Waals surface area contributed by atoms with E-state index in [1.807, 2.05) is 0 Å². The molecule has 0 saturated carbocycles. The Morgan fingerprint density at radius 3 is 2.20 bits per heavy atom. The number of Topliss-reactive ketones (excluding diaryl/α,β-unsaturated/α-hetero) is 1. The van der Waals surface area contributed by atoms with Gasteiger partial charge in [0.25, 0.3) is 11.5 Å². The molecule has 0 atom stereocenters. The van der Waals surface area contributed by atoms with Crippen molar-refractivity contribution in [3.05, 3.63) is 64.2 Å². The van der Waals surface area contributed by atoms with Gasteiger partial charge < -0.3 is 0 Å². The van der Waals surface area contributed by atoms with Gasteiger partial charge in [-0.15, -0.1) is 0 Å². The number of carbonyl (C=O) groups is 2. The minimum absolute atomic E-state index is 0.0980. The second-order valence-electron chi connectivity index (χ2n) is 4.23. The molecule has 0 fully saturated rings. The Hall–Kier alpha value is -3.02. The van der Waals surface area contributed by atoms with E-state index in [0.717, 1.165) is 4.90 Å². The molecule has 0 aliphatic carbocycles. The van der Waals surface area contributed by atoms with Gasteiger partial charge in [0, 0.05) is 6.07 Å². The molecule has 1 aliphatic heterocycles. The van der Waals surface area contributed by atoms with Crippen molar-refractivity contribution in [2.24, 2.45) is 0 Å². The van der Waals surface area contributed by atoms with Crippen molar-refractivity contribution in [3.63, 3.8) is 0 Å². The topological polar surface area (TPSA) is 80.5 Å². The Bertz CT molecular complexity index is 754. The van der Waals surface area contributed by atoms with E-state index < -0.39 is 16.6 Å². The predicted octanol–water partition coefficient (Wildman–Crippen LogP) is 2.46. The maximum Gasteiger partial charge on any atom is 0.304 e. The number of nitrogens with zero attached hydrogens (tertiary/aromatic N) is 2. The van der Waals surface area contributed by atoms with Crippen LogP contribution in [0.2, 0.25) is 0 Å². The number of amides is 1. The van der Waals surface area contributed by atoms with Crippen molar-refractivity contribution in [2.75, 3.05) is 4.90 Å². The summed E-state index contributed by atoms with van der Waals surface area (Å²) in [6, 6.07) is 12.3. The summed E-state index contributed by atoms with van der Waals surface area (Å²) >= 11 is 0. The van der Waals surface area contributed by atoms with Gasteiger partial charge in [0.2, 0.25) is 0 Å². The van der Waals surface area contributed by atoms with Crippen LogP contribution in [-0.2, 0) is 4.79 Å². The van der Waals surface area contributed by atoms with Gasteiger partial charge in [0.15, 0.2) is 0 Å². The van der Waals surface area contributed by atoms with Crippen LogP contribution in [0.25, 0.3) is 0 Å². The van der Waals surface area contributed by atoms with E-state index in [0.29, 0.717) is 5.69 Å². The lowest BCUT2D eigenvalue weighted by Crippen LogP contribution is -2.25. The molecule has 1 heterocycles. The first-order chi connectivity index (χ1) is 9.61. The molecular weight excluding hydrogens is 260 g/mol. The Morgan fingerprint density at radius 1 is 0.900 bits per heavy atom. The highest BCUT2D eigenvalue weighted by Crippen LogP contribution is 2.39. The normalized spacial score (nSPS) is 13.5. The van der Waals surface area contributed by atoms with E-state index in [9.17, 15) is 19.7 Å². The van der Waals surface area contributed by atoms with Gasteiger partial charge in [-0.1, -0.05) is 24.3 Å². The number of benzene rings is 2. The first-order valence-corrected chi connectivity index (χ1v) is 5.82. The fourth-order valence-electron chi connectivity index (χ4n) is 2.23. The van der Waals surface area contributed by atoms with Crippen LogP contribution >= 0.6 is 0 Å². The number of nitro benzene ring substituents is 1. The van der Waals surface area contributed by atoms with Crippen molar-refractivity contribution < 1.29 is 14.5 Å². The number of hydrogen-bond acceptors (Lipinski definition) is 4. The minimum atomic E-state index is -0.777. The van der Waals surface area contributed by atoms with Gasteiger partial charge in [-0.05, 0) is 18.2 Å². The van der Waals surface area contributed by atoms with E-state index >= 15 is 0 Å².